The maximum absolute atomic E-state index is 11.8. The van der Waals surface area contributed by atoms with Crippen molar-refractivity contribution in [3.8, 4) is 0 Å². The number of oxime groups is 2. The lowest BCUT2D eigenvalue weighted by Crippen LogP contribution is -2.29. The van der Waals surface area contributed by atoms with E-state index in [1.807, 2.05) is 10.3 Å². The van der Waals surface area contributed by atoms with Crippen LogP contribution in [0.5, 0.6) is 0 Å². The van der Waals surface area contributed by atoms with Crippen molar-refractivity contribution < 1.29 is 29.1 Å². The van der Waals surface area contributed by atoms with Gasteiger partial charge in [-0.15, -0.1) is 0 Å². The van der Waals surface area contributed by atoms with Crippen LogP contribution in [0.25, 0.3) is 0 Å². The van der Waals surface area contributed by atoms with Crippen LogP contribution in [-0.2, 0) is 4.79 Å². The van der Waals surface area contributed by atoms with Gasteiger partial charge in [-0.3, -0.25) is 0 Å². The summed E-state index contributed by atoms with van der Waals surface area (Å²) in [5.41, 5.74) is -2.89. The summed E-state index contributed by atoms with van der Waals surface area (Å²) in [6.07, 6.45) is -3.32. The van der Waals surface area contributed by atoms with Crippen LogP contribution < -0.4 is 0 Å². The van der Waals surface area contributed by atoms with Crippen LogP contribution in [0.2, 0.25) is 0 Å². The first-order valence-electron chi connectivity index (χ1n) is 2.50. The molecule has 3 N–H and O–H groups in total. The predicted octanol–water partition coefficient (Wildman–Crippen LogP) is -0.00350. The molecular formula is C4H4F2N2O4. The van der Waals surface area contributed by atoms with Gasteiger partial charge in [0.25, 0.3) is 6.43 Å². The van der Waals surface area contributed by atoms with E-state index in [-0.39, 0.29) is 0 Å². The van der Waals surface area contributed by atoms with Crippen LogP contribution in [0.15, 0.2) is 10.3 Å². The second kappa shape index (κ2) is 4.21. The van der Waals surface area contributed by atoms with E-state index < -0.39 is 23.8 Å². The fourth-order valence-electron chi connectivity index (χ4n) is 0.398. The van der Waals surface area contributed by atoms with E-state index >= 15 is 0 Å². The summed E-state index contributed by atoms with van der Waals surface area (Å²) < 4.78 is 23.5. The van der Waals surface area contributed by atoms with Crippen molar-refractivity contribution in [1.29, 1.82) is 0 Å². The molecule has 0 aromatic carbocycles. The van der Waals surface area contributed by atoms with Gasteiger partial charge in [-0.05, 0) is 0 Å². The third kappa shape index (κ3) is 2.15. The molecule has 0 bridgehead atoms. The van der Waals surface area contributed by atoms with Crippen molar-refractivity contribution in [2.45, 2.75) is 6.43 Å². The second-order valence-corrected chi connectivity index (χ2v) is 1.54. The molecule has 0 atom stereocenters. The lowest BCUT2D eigenvalue weighted by atomic mass is 10.2. The molecule has 8 heteroatoms. The van der Waals surface area contributed by atoms with Crippen LogP contribution in [0.4, 0.5) is 8.78 Å². The quantitative estimate of drug-likeness (QED) is 0.324. The van der Waals surface area contributed by atoms with E-state index in [0.717, 1.165) is 0 Å². The van der Waals surface area contributed by atoms with E-state index in [0.29, 0.717) is 0 Å². The minimum Gasteiger partial charge on any atom is -0.476 e. The smallest absolute Gasteiger partial charge is 0.360 e. The lowest BCUT2D eigenvalue weighted by molar-refractivity contribution is -0.129. The Morgan fingerprint density at radius 3 is 1.83 bits per heavy atom. The summed E-state index contributed by atoms with van der Waals surface area (Å²) in [6.45, 7) is 0. The van der Waals surface area contributed by atoms with Crippen molar-refractivity contribution in [3.05, 3.63) is 0 Å². The highest BCUT2D eigenvalue weighted by Gasteiger charge is 2.26. The molecule has 68 valence electrons. The molecule has 0 aromatic rings. The number of carboxylic acids is 1. The van der Waals surface area contributed by atoms with Gasteiger partial charge in [-0.25, -0.2) is 13.6 Å². The van der Waals surface area contributed by atoms with Crippen molar-refractivity contribution >= 4 is 17.4 Å². The topological polar surface area (TPSA) is 102 Å². The molecule has 12 heavy (non-hydrogen) atoms. The fraction of sp³-hybridized carbons (Fsp3) is 0.250. The average Bonchev–Trinajstić information content (AvgIpc) is 1.98. The van der Waals surface area contributed by atoms with E-state index in [1.54, 1.807) is 0 Å². The van der Waals surface area contributed by atoms with E-state index in [9.17, 15) is 13.6 Å². The first-order valence-corrected chi connectivity index (χ1v) is 2.50. The Kier molecular flexibility index (Phi) is 3.60. The minimum atomic E-state index is -3.32. The second-order valence-electron chi connectivity index (χ2n) is 1.54. The standard InChI is InChI=1S/C4H4F2N2O4/c5-3(6)1(7-11)2(8-12)4(9)10/h3,11-12H,(H,9,10). The highest BCUT2D eigenvalue weighted by Crippen LogP contribution is 1.99. The SMILES string of the molecule is O=C(O)C(=NO)C(=NO)C(F)F. The molecule has 0 fully saturated rings. The minimum absolute atomic E-state index is 1.40. The molecule has 0 spiro atoms. The summed E-state index contributed by atoms with van der Waals surface area (Å²) >= 11 is 0. The van der Waals surface area contributed by atoms with Crippen molar-refractivity contribution in [3.63, 3.8) is 0 Å². The van der Waals surface area contributed by atoms with Crippen molar-refractivity contribution in [1.82, 2.24) is 0 Å². The third-order valence-corrected chi connectivity index (χ3v) is 0.860. The largest absolute Gasteiger partial charge is 0.476 e. The Morgan fingerprint density at radius 1 is 1.25 bits per heavy atom. The van der Waals surface area contributed by atoms with Gasteiger partial charge in [-0.1, -0.05) is 10.3 Å². The summed E-state index contributed by atoms with van der Waals surface area (Å²) in [6, 6.07) is 0. The zero-order chi connectivity index (χ0) is 9.72. The van der Waals surface area contributed by atoms with Crippen LogP contribution in [0, 0.1) is 0 Å². The highest BCUT2D eigenvalue weighted by atomic mass is 19.3. The summed E-state index contributed by atoms with van der Waals surface area (Å²) in [4.78, 5) is 10.0. The molecule has 0 radical (unpaired) electrons. The Labute approximate surface area is 64.4 Å². The van der Waals surface area contributed by atoms with Crippen molar-refractivity contribution in [2.75, 3.05) is 0 Å². The van der Waals surface area contributed by atoms with Crippen LogP contribution in [0.1, 0.15) is 0 Å². The molecule has 0 aromatic heterocycles. The maximum atomic E-state index is 11.8. The number of halogens is 2. The monoisotopic (exact) mass is 182 g/mol. The summed E-state index contributed by atoms with van der Waals surface area (Å²) in [7, 11) is 0. The molecular weight excluding hydrogens is 178 g/mol. The lowest BCUT2D eigenvalue weighted by Gasteiger charge is -1.99. The molecule has 0 aliphatic carbocycles. The van der Waals surface area contributed by atoms with Gasteiger partial charge in [0.1, 0.15) is 0 Å². The van der Waals surface area contributed by atoms with E-state index in [4.69, 9.17) is 15.5 Å². The molecule has 0 amide bonds. The Bertz CT molecular complexity index is 237. The first-order chi connectivity index (χ1) is 5.54. The van der Waals surface area contributed by atoms with Crippen LogP contribution in [-0.4, -0.2) is 39.3 Å². The molecule has 0 aliphatic rings. The Hall–Kier alpha value is -1.73. The van der Waals surface area contributed by atoms with Gasteiger partial charge >= 0.3 is 5.97 Å². The van der Waals surface area contributed by atoms with Crippen LogP contribution in [0.3, 0.4) is 0 Å². The van der Waals surface area contributed by atoms with E-state index in [2.05, 4.69) is 0 Å². The van der Waals surface area contributed by atoms with Gasteiger partial charge < -0.3 is 15.5 Å². The highest BCUT2D eigenvalue weighted by molar-refractivity contribution is 6.65. The van der Waals surface area contributed by atoms with Gasteiger partial charge in [0.05, 0.1) is 0 Å². The zero-order valence-electron chi connectivity index (χ0n) is 5.48. The number of rotatable bonds is 3. The van der Waals surface area contributed by atoms with Crippen molar-refractivity contribution in [2.24, 2.45) is 10.3 Å². The summed E-state index contributed by atoms with van der Waals surface area (Å²) in [5.74, 6) is -1.91. The molecule has 0 saturated carbocycles. The number of hydrogen-bond acceptors (Lipinski definition) is 5. The number of hydrogen-bond donors (Lipinski definition) is 3. The fourth-order valence-corrected chi connectivity index (χ4v) is 0.398. The van der Waals surface area contributed by atoms with Gasteiger partial charge in [-0.2, -0.15) is 0 Å². The van der Waals surface area contributed by atoms with Gasteiger partial charge in [0.15, 0.2) is 5.71 Å². The number of carboxylic acid groups (broad SMARTS) is 1. The molecule has 0 saturated heterocycles. The molecule has 0 unspecified atom stereocenters. The number of alkyl halides is 2. The zero-order valence-corrected chi connectivity index (χ0v) is 5.48. The maximum Gasteiger partial charge on any atom is 0.360 e. The number of nitrogens with zero attached hydrogens (tertiary/aromatic N) is 2. The van der Waals surface area contributed by atoms with Gasteiger partial charge in [0, 0.05) is 0 Å². The Morgan fingerprint density at radius 2 is 1.75 bits per heavy atom. The number of carbonyl (C=O) groups is 1. The Balaban J connectivity index is 4.85. The predicted molar refractivity (Wildman–Crippen MR) is 32.1 cm³/mol. The van der Waals surface area contributed by atoms with E-state index in [1.165, 1.54) is 0 Å². The first kappa shape index (κ1) is 10.3. The normalized spacial score (nSPS) is 13.6. The summed E-state index contributed by atoms with van der Waals surface area (Å²) in [5, 5.41) is 27.9. The molecule has 6 nitrogen and oxygen atoms in total. The molecule has 0 rings (SSSR count). The van der Waals surface area contributed by atoms with Gasteiger partial charge in [0.2, 0.25) is 5.71 Å². The number of aliphatic carboxylic acids is 1. The molecule has 0 aliphatic heterocycles. The van der Waals surface area contributed by atoms with Crippen LogP contribution >= 0.6 is 0 Å². The average molecular weight is 182 g/mol. The third-order valence-electron chi connectivity index (χ3n) is 0.860. The molecule has 0 heterocycles.